The van der Waals surface area contributed by atoms with Crippen LogP contribution < -0.4 is 0 Å². The van der Waals surface area contributed by atoms with Gasteiger partial charge in [-0.05, 0) is 44.1 Å². The van der Waals surface area contributed by atoms with Gasteiger partial charge in [0, 0.05) is 12.1 Å². The van der Waals surface area contributed by atoms with Crippen molar-refractivity contribution in [2.75, 3.05) is 6.54 Å². The average molecular weight is 181 g/mol. The zero-order valence-corrected chi connectivity index (χ0v) is 9.34. The molecule has 13 heavy (non-hydrogen) atoms. The minimum absolute atomic E-state index is 0.621. The van der Waals surface area contributed by atoms with Crippen LogP contribution in [-0.4, -0.2) is 23.5 Å². The molecule has 1 heteroatoms. The molecule has 2 aliphatic heterocycles. The molecule has 2 saturated heterocycles. The maximum atomic E-state index is 2.78. The summed E-state index contributed by atoms with van der Waals surface area (Å²) in [5, 5.41) is 0. The van der Waals surface area contributed by atoms with Gasteiger partial charge in [0.05, 0.1) is 0 Å². The molecular weight excluding hydrogens is 158 g/mol. The summed E-state index contributed by atoms with van der Waals surface area (Å²) < 4.78 is 0. The number of piperidine rings is 1. The van der Waals surface area contributed by atoms with Crippen molar-refractivity contribution in [1.29, 1.82) is 0 Å². The molecule has 2 atom stereocenters. The van der Waals surface area contributed by atoms with E-state index in [0.29, 0.717) is 5.41 Å². The highest BCUT2D eigenvalue weighted by molar-refractivity contribution is 4.97. The van der Waals surface area contributed by atoms with Crippen molar-refractivity contribution in [3.63, 3.8) is 0 Å². The summed E-state index contributed by atoms with van der Waals surface area (Å²) in [5.74, 6) is 0. The Labute approximate surface area is 82.5 Å². The fourth-order valence-electron chi connectivity index (χ4n) is 3.44. The topological polar surface area (TPSA) is 3.24 Å². The Bertz CT molecular complexity index is 170. The van der Waals surface area contributed by atoms with Crippen molar-refractivity contribution in [3.8, 4) is 0 Å². The van der Waals surface area contributed by atoms with Crippen LogP contribution in [0.4, 0.5) is 0 Å². The molecule has 2 unspecified atom stereocenters. The normalized spacial score (nSPS) is 38.1. The summed E-state index contributed by atoms with van der Waals surface area (Å²) in [6.07, 6.45) is 7.13. The van der Waals surface area contributed by atoms with Gasteiger partial charge in [0.1, 0.15) is 0 Å². The third-order valence-electron chi connectivity index (χ3n) is 3.83. The van der Waals surface area contributed by atoms with Crippen molar-refractivity contribution in [2.45, 2.75) is 65.0 Å². The first-order valence-electron chi connectivity index (χ1n) is 5.88. The van der Waals surface area contributed by atoms with Crippen LogP contribution in [0.15, 0.2) is 0 Å². The van der Waals surface area contributed by atoms with Crippen LogP contribution in [0.1, 0.15) is 52.9 Å². The summed E-state index contributed by atoms with van der Waals surface area (Å²) in [6.45, 7) is 8.54. The maximum absolute atomic E-state index is 2.78. The number of rotatable bonds is 2. The van der Waals surface area contributed by atoms with E-state index in [1.54, 1.807) is 0 Å². The Hall–Kier alpha value is -0.0400. The smallest absolute Gasteiger partial charge is 0.0104 e. The highest BCUT2D eigenvalue weighted by Crippen LogP contribution is 2.44. The highest BCUT2D eigenvalue weighted by Gasteiger charge is 2.43. The van der Waals surface area contributed by atoms with Gasteiger partial charge in [0.2, 0.25) is 0 Å². The number of hydrogen-bond donors (Lipinski definition) is 0. The van der Waals surface area contributed by atoms with Crippen LogP contribution >= 0.6 is 0 Å². The predicted octanol–water partition coefficient (Wildman–Crippen LogP) is 3.05. The van der Waals surface area contributed by atoms with Gasteiger partial charge in [0.15, 0.2) is 0 Å². The first-order chi connectivity index (χ1) is 6.12. The molecule has 2 aliphatic rings. The molecule has 0 aromatic carbocycles. The van der Waals surface area contributed by atoms with E-state index in [1.165, 1.54) is 38.6 Å². The summed E-state index contributed by atoms with van der Waals surface area (Å²) >= 11 is 0. The van der Waals surface area contributed by atoms with Crippen molar-refractivity contribution in [3.05, 3.63) is 0 Å². The van der Waals surface area contributed by atoms with Gasteiger partial charge in [-0.3, -0.25) is 4.90 Å². The highest BCUT2D eigenvalue weighted by atomic mass is 15.2. The molecule has 0 aliphatic carbocycles. The van der Waals surface area contributed by atoms with Crippen LogP contribution in [0.5, 0.6) is 0 Å². The quantitative estimate of drug-likeness (QED) is 0.633. The largest absolute Gasteiger partial charge is 0.297 e. The van der Waals surface area contributed by atoms with Crippen LogP contribution in [-0.2, 0) is 0 Å². The predicted molar refractivity (Wildman–Crippen MR) is 56.8 cm³/mol. The first-order valence-corrected chi connectivity index (χ1v) is 5.88. The summed E-state index contributed by atoms with van der Waals surface area (Å²) in [4.78, 5) is 2.78. The monoisotopic (exact) mass is 181 g/mol. The molecule has 2 bridgehead atoms. The summed E-state index contributed by atoms with van der Waals surface area (Å²) in [7, 11) is 0. The number of fused-ring (bicyclic) bond motifs is 2. The van der Waals surface area contributed by atoms with Crippen molar-refractivity contribution in [2.24, 2.45) is 5.41 Å². The standard InChI is InChI=1S/C12H23N/c1-4-7-13-10-5-6-11(13)9-12(2,3)8-10/h10-11H,4-9H2,1-3H3. The SMILES string of the molecule is CCCN1C2CCC1CC(C)(C)C2. The molecular formula is C12H23N. The lowest BCUT2D eigenvalue weighted by atomic mass is 9.78. The number of hydrogen-bond acceptors (Lipinski definition) is 1. The van der Waals surface area contributed by atoms with E-state index in [2.05, 4.69) is 25.7 Å². The molecule has 0 amide bonds. The van der Waals surface area contributed by atoms with E-state index < -0.39 is 0 Å². The van der Waals surface area contributed by atoms with E-state index in [9.17, 15) is 0 Å². The van der Waals surface area contributed by atoms with E-state index in [4.69, 9.17) is 0 Å². The summed E-state index contributed by atoms with van der Waals surface area (Å²) in [6, 6.07) is 1.85. The Morgan fingerprint density at radius 3 is 2.15 bits per heavy atom. The first kappa shape index (κ1) is 9.51. The van der Waals surface area contributed by atoms with Crippen LogP contribution in [0, 0.1) is 5.41 Å². The minimum atomic E-state index is 0.621. The zero-order valence-electron chi connectivity index (χ0n) is 9.34. The fourth-order valence-corrected chi connectivity index (χ4v) is 3.44. The Morgan fingerprint density at radius 1 is 1.15 bits per heavy atom. The van der Waals surface area contributed by atoms with E-state index in [0.717, 1.165) is 12.1 Å². The van der Waals surface area contributed by atoms with Gasteiger partial charge >= 0.3 is 0 Å². The summed E-state index contributed by atoms with van der Waals surface area (Å²) in [5.41, 5.74) is 0.621. The molecule has 2 fully saturated rings. The second-order valence-electron chi connectivity index (χ2n) is 5.70. The molecule has 2 rings (SSSR count). The van der Waals surface area contributed by atoms with Crippen molar-refractivity contribution >= 4 is 0 Å². The molecule has 1 nitrogen and oxygen atoms in total. The molecule has 2 heterocycles. The average Bonchev–Trinajstić information content (AvgIpc) is 2.31. The second-order valence-corrected chi connectivity index (χ2v) is 5.70. The minimum Gasteiger partial charge on any atom is -0.297 e. The maximum Gasteiger partial charge on any atom is 0.0104 e. The zero-order chi connectivity index (χ0) is 9.47. The van der Waals surface area contributed by atoms with Gasteiger partial charge in [-0.15, -0.1) is 0 Å². The van der Waals surface area contributed by atoms with Crippen LogP contribution in [0.2, 0.25) is 0 Å². The fraction of sp³-hybridized carbons (Fsp3) is 1.00. The van der Waals surface area contributed by atoms with Crippen molar-refractivity contribution < 1.29 is 0 Å². The Morgan fingerprint density at radius 2 is 1.69 bits per heavy atom. The molecule has 0 N–H and O–H groups in total. The molecule has 0 aromatic rings. The van der Waals surface area contributed by atoms with Crippen molar-refractivity contribution in [1.82, 2.24) is 4.90 Å². The molecule has 0 saturated carbocycles. The molecule has 0 aromatic heterocycles. The van der Waals surface area contributed by atoms with Gasteiger partial charge in [0.25, 0.3) is 0 Å². The van der Waals surface area contributed by atoms with E-state index >= 15 is 0 Å². The number of nitrogens with zero attached hydrogens (tertiary/aromatic N) is 1. The van der Waals surface area contributed by atoms with Crippen LogP contribution in [0.25, 0.3) is 0 Å². The van der Waals surface area contributed by atoms with Gasteiger partial charge in [-0.1, -0.05) is 20.8 Å². The Kier molecular flexibility index (Phi) is 2.39. The van der Waals surface area contributed by atoms with Gasteiger partial charge in [-0.2, -0.15) is 0 Å². The lowest BCUT2D eigenvalue weighted by Crippen LogP contribution is -2.45. The third-order valence-corrected chi connectivity index (χ3v) is 3.83. The second kappa shape index (κ2) is 3.27. The third kappa shape index (κ3) is 1.76. The Balaban J connectivity index is 2.04. The van der Waals surface area contributed by atoms with Gasteiger partial charge < -0.3 is 0 Å². The lowest BCUT2D eigenvalue weighted by Gasteiger charge is -2.43. The van der Waals surface area contributed by atoms with Gasteiger partial charge in [-0.25, -0.2) is 0 Å². The molecule has 0 spiro atoms. The molecule has 76 valence electrons. The lowest BCUT2D eigenvalue weighted by molar-refractivity contribution is 0.0629. The van der Waals surface area contributed by atoms with Crippen LogP contribution in [0.3, 0.4) is 0 Å². The molecule has 0 radical (unpaired) electrons. The van der Waals surface area contributed by atoms with E-state index in [1.807, 2.05) is 0 Å². The van der Waals surface area contributed by atoms with E-state index in [-0.39, 0.29) is 0 Å².